The molecule has 2 amide bonds. The van der Waals surface area contributed by atoms with Crippen molar-refractivity contribution in [2.45, 2.75) is 38.6 Å². The van der Waals surface area contributed by atoms with E-state index in [-0.39, 0.29) is 11.9 Å². The Morgan fingerprint density at radius 3 is 2.50 bits per heavy atom. The van der Waals surface area contributed by atoms with E-state index >= 15 is 0 Å². The van der Waals surface area contributed by atoms with Gasteiger partial charge < -0.3 is 15.2 Å². The highest BCUT2D eigenvalue weighted by atomic mass is 16.5. The highest BCUT2D eigenvalue weighted by Gasteiger charge is 2.30. The van der Waals surface area contributed by atoms with Crippen molar-refractivity contribution >= 4 is 11.8 Å². The molecule has 1 fully saturated rings. The minimum absolute atomic E-state index is 0.0969. The van der Waals surface area contributed by atoms with Crippen LogP contribution in [0.3, 0.4) is 0 Å². The lowest BCUT2D eigenvalue weighted by Gasteiger charge is -2.28. The van der Waals surface area contributed by atoms with Crippen LogP contribution < -0.4 is 5.73 Å². The van der Waals surface area contributed by atoms with Gasteiger partial charge in [0.25, 0.3) is 5.91 Å². The molecule has 2 N–H and O–H groups in total. The maximum absolute atomic E-state index is 12.9. The third-order valence-corrected chi connectivity index (χ3v) is 4.27. The first-order valence-electron chi connectivity index (χ1n) is 8.07. The first kappa shape index (κ1) is 16.2. The molecule has 3 rings (SSSR count). The lowest BCUT2D eigenvalue weighted by atomic mass is 10.1. The lowest BCUT2D eigenvalue weighted by Crippen LogP contribution is -2.35. The summed E-state index contributed by atoms with van der Waals surface area (Å²) in [6.45, 7) is 2.39. The van der Waals surface area contributed by atoms with Crippen molar-refractivity contribution < 1.29 is 14.1 Å². The van der Waals surface area contributed by atoms with Gasteiger partial charge in [0.05, 0.1) is 6.04 Å². The molecule has 7 heteroatoms. The molecule has 2 heterocycles. The van der Waals surface area contributed by atoms with Crippen LogP contribution in [0.25, 0.3) is 0 Å². The number of carbonyl (C=O) groups excluding carboxylic acids is 2. The highest BCUT2D eigenvalue weighted by Crippen LogP contribution is 2.29. The minimum atomic E-state index is -0.510. The number of benzene rings is 1. The fourth-order valence-corrected chi connectivity index (χ4v) is 3.01. The van der Waals surface area contributed by atoms with Gasteiger partial charge in [-0.05, 0) is 37.1 Å². The molecule has 126 valence electrons. The molecule has 1 aliphatic heterocycles. The Labute approximate surface area is 139 Å². The number of hydrogen-bond donors (Lipinski definition) is 1. The Balaban J connectivity index is 1.88. The molecule has 0 spiro atoms. The number of aromatic nitrogens is 2. The fourth-order valence-electron chi connectivity index (χ4n) is 3.01. The Kier molecular flexibility index (Phi) is 4.59. The molecule has 1 saturated heterocycles. The summed E-state index contributed by atoms with van der Waals surface area (Å²) in [4.78, 5) is 30.2. The Bertz CT molecular complexity index is 739. The van der Waals surface area contributed by atoms with Crippen LogP contribution in [0.1, 0.15) is 64.2 Å². The van der Waals surface area contributed by atoms with Crippen LogP contribution in [0.5, 0.6) is 0 Å². The number of nitrogens with two attached hydrogens (primary N) is 1. The lowest BCUT2D eigenvalue weighted by molar-refractivity contribution is 0.0670. The first-order chi connectivity index (χ1) is 11.6. The van der Waals surface area contributed by atoms with Crippen molar-refractivity contribution in [1.82, 2.24) is 15.0 Å². The number of carbonyl (C=O) groups is 2. The molecule has 1 atom stereocenters. The Morgan fingerprint density at radius 1 is 1.17 bits per heavy atom. The third-order valence-electron chi connectivity index (χ3n) is 4.27. The van der Waals surface area contributed by atoms with E-state index in [0.717, 1.165) is 25.7 Å². The summed E-state index contributed by atoms with van der Waals surface area (Å²) in [6, 6.07) is 6.22. The first-order valence-corrected chi connectivity index (χ1v) is 8.07. The number of primary amides is 1. The van der Waals surface area contributed by atoms with E-state index in [1.54, 1.807) is 36.1 Å². The van der Waals surface area contributed by atoms with Crippen LogP contribution in [0.15, 0.2) is 28.8 Å². The number of likely N-dealkylation sites (tertiary alicyclic amines) is 1. The molecule has 2 aromatic rings. The molecule has 0 bridgehead atoms. The van der Waals surface area contributed by atoms with Crippen molar-refractivity contribution in [2.75, 3.05) is 6.54 Å². The summed E-state index contributed by atoms with van der Waals surface area (Å²) in [7, 11) is 0. The van der Waals surface area contributed by atoms with E-state index in [2.05, 4.69) is 10.1 Å². The summed E-state index contributed by atoms with van der Waals surface area (Å²) >= 11 is 0. The topological polar surface area (TPSA) is 102 Å². The van der Waals surface area contributed by atoms with E-state index in [4.69, 9.17) is 10.3 Å². The zero-order valence-electron chi connectivity index (χ0n) is 13.6. The van der Waals surface area contributed by atoms with E-state index in [1.807, 2.05) is 0 Å². The molecular weight excluding hydrogens is 308 g/mol. The molecule has 1 aromatic carbocycles. The summed E-state index contributed by atoms with van der Waals surface area (Å²) in [5.41, 5.74) is 6.15. The largest absolute Gasteiger partial charge is 0.366 e. The smallest absolute Gasteiger partial charge is 0.254 e. The standard InChI is InChI=1S/C17H20N4O3/c1-11-19-16(20-24-11)14-5-3-2-4-10-21(14)17(23)13-8-6-12(7-9-13)15(18)22/h6-9,14H,2-5,10H2,1H3,(H2,18,22). The second-order valence-electron chi connectivity index (χ2n) is 5.98. The second-order valence-corrected chi connectivity index (χ2v) is 5.98. The predicted octanol–water partition coefficient (Wildman–Crippen LogP) is 2.23. The van der Waals surface area contributed by atoms with E-state index in [9.17, 15) is 9.59 Å². The average Bonchev–Trinajstić information content (AvgIpc) is 2.86. The number of aryl methyl sites for hydroxylation is 1. The summed E-state index contributed by atoms with van der Waals surface area (Å²) in [5, 5.41) is 4.00. The minimum Gasteiger partial charge on any atom is -0.366 e. The molecule has 0 aliphatic carbocycles. The van der Waals surface area contributed by atoms with Gasteiger partial charge in [0.1, 0.15) is 0 Å². The maximum atomic E-state index is 12.9. The van der Waals surface area contributed by atoms with Gasteiger partial charge in [-0.2, -0.15) is 4.98 Å². The van der Waals surface area contributed by atoms with Crippen molar-refractivity contribution in [1.29, 1.82) is 0 Å². The van der Waals surface area contributed by atoms with E-state index < -0.39 is 5.91 Å². The maximum Gasteiger partial charge on any atom is 0.254 e. The normalized spacial score (nSPS) is 18.2. The van der Waals surface area contributed by atoms with Gasteiger partial charge in [0, 0.05) is 24.6 Å². The molecule has 1 aromatic heterocycles. The summed E-state index contributed by atoms with van der Waals surface area (Å²) < 4.78 is 5.08. The summed E-state index contributed by atoms with van der Waals surface area (Å²) in [5.74, 6) is 0.438. The number of amides is 2. The van der Waals surface area contributed by atoms with Gasteiger partial charge in [0.2, 0.25) is 11.8 Å². The second kappa shape index (κ2) is 6.82. The van der Waals surface area contributed by atoms with Crippen LogP contribution >= 0.6 is 0 Å². The quantitative estimate of drug-likeness (QED) is 0.930. The summed E-state index contributed by atoms with van der Waals surface area (Å²) in [6.07, 6.45) is 3.84. The molecule has 24 heavy (non-hydrogen) atoms. The zero-order valence-corrected chi connectivity index (χ0v) is 13.6. The molecule has 1 aliphatic rings. The number of nitrogens with zero attached hydrogens (tertiary/aromatic N) is 3. The van der Waals surface area contributed by atoms with Crippen molar-refractivity contribution in [3.8, 4) is 0 Å². The van der Waals surface area contributed by atoms with Gasteiger partial charge in [-0.25, -0.2) is 0 Å². The Hall–Kier alpha value is -2.70. The number of rotatable bonds is 3. The van der Waals surface area contributed by atoms with Gasteiger partial charge >= 0.3 is 0 Å². The van der Waals surface area contributed by atoms with Crippen molar-refractivity contribution in [2.24, 2.45) is 5.73 Å². The SMILES string of the molecule is Cc1nc(C2CCCCCN2C(=O)c2ccc(C(N)=O)cc2)no1. The molecular formula is C17H20N4O3. The predicted molar refractivity (Wildman–Crippen MR) is 86.2 cm³/mol. The monoisotopic (exact) mass is 328 g/mol. The van der Waals surface area contributed by atoms with Crippen LogP contribution in [0.2, 0.25) is 0 Å². The van der Waals surface area contributed by atoms with E-state index in [1.165, 1.54) is 0 Å². The van der Waals surface area contributed by atoms with Crippen LogP contribution in [0, 0.1) is 6.92 Å². The van der Waals surface area contributed by atoms with Gasteiger partial charge in [-0.3, -0.25) is 9.59 Å². The van der Waals surface area contributed by atoms with Gasteiger partial charge in [0.15, 0.2) is 5.82 Å². The number of hydrogen-bond acceptors (Lipinski definition) is 5. The molecule has 0 saturated carbocycles. The Morgan fingerprint density at radius 2 is 1.88 bits per heavy atom. The van der Waals surface area contributed by atoms with Gasteiger partial charge in [-0.15, -0.1) is 0 Å². The third kappa shape index (κ3) is 3.29. The highest BCUT2D eigenvalue weighted by molar-refractivity contribution is 5.97. The van der Waals surface area contributed by atoms with Crippen LogP contribution in [0.4, 0.5) is 0 Å². The van der Waals surface area contributed by atoms with Crippen LogP contribution in [-0.2, 0) is 0 Å². The molecule has 1 unspecified atom stereocenters. The zero-order chi connectivity index (χ0) is 17.1. The van der Waals surface area contributed by atoms with Crippen molar-refractivity contribution in [3.63, 3.8) is 0 Å². The molecule has 0 radical (unpaired) electrons. The van der Waals surface area contributed by atoms with Gasteiger partial charge in [-0.1, -0.05) is 18.0 Å². The molecule has 7 nitrogen and oxygen atoms in total. The van der Waals surface area contributed by atoms with Crippen molar-refractivity contribution in [3.05, 3.63) is 47.1 Å². The van der Waals surface area contributed by atoms with Crippen LogP contribution in [-0.4, -0.2) is 33.4 Å². The fraction of sp³-hybridized carbons (Fsp3) is 0.412. The van der Waals surface area contributed by atoms with E-state index in [0.29, 0.717) is 29.4 Å². The average molecular weight is 328 g/mol.